The van der Waals surface area contributed by atoms with E-state index in [4.69, 9.17) is 8.83 Å². The molecule has 0 aliphatic carbocycles. The van der Waals surface area contributed by atoms with Gasteiger partial charge in [0.25, 0.3) is 0 Å². The highest BCUT2D eigenvalue weighted by Crippen LogP contribution is 2.29. The SMILES string of the molecule is Cc1cc(C)c2oc(-c3cccc(NC(=O)/C=C/c4ccc(-c5ccccc5)o4)c3)nc2c1. The number of anilines is 1. The zero-order valence-corrected chi connectivity index (χ0v) is 18.3. The highest BCUT2D eigenvalue weighted by molar-refractivity contribution is 6.02. The van der Waals surface area contributed by atoms with Gasteiger partial charge in [-0.25, -0.2) is 4.98 Å². The van der Waals surface area contributed by atoms with Gasteiger partial charge in [-0.3, -0.25) is 4.79 Å². The number of aryl methyl sites for hydroxylation is 2. The molecule has 0 bridgehead atoms. The molecule has 0 fully saturated rings. The number of hydrogen-bond acceptors (Lipinski definition) is 4. The molecule has 2 aromatic heterocycles. The van der Waals surface area contributed by atoms with Crippen LogP contribution in [0, 0.1) is 13.8 Å². The summed E-state index contributed by atoms with van der Waals surface area (Å²) in [5.41, 5.74) is 6.23. The lowest BCUT2D eigenvalue weighted by molar-refractivity contribution is -0.111. The van der Waals surface area contributed by atoms with Crippen molar-refractivity contribution < 1.29 is 13.6 Å². The smallest absolute Gasteiger partial charge is 0.248 e. The largest absolute Gasteiger partial charge is 0.457 e. The van der Waals surface area contributed by atoms with E-state index in [0.29, 0.717) is 17.3 Å². The molecule has 0 saturated heterocycles. The first-order chi connectivity index (χ1) is 16.0. The summed E-state index contributed by atoms with van der Waals surface area (Å²) in [6, 6.07) is 25.1. The number of benzene rings is 3. The highest BCUT2D eigenvalue weighted by Gasteiger charge is 2.12. The van der Waals surface area contributed by atoms with Gasteiger partial charge in [0.15, 0.2) is 5.58 Å². The van der Waals surface area contributed by atoms with Crippen LogP contribution >= 0.6 is 0 Å². The summed E-state index contributed by atoms with van der Waals surface area (Å²) in [5, 5.41) is 2.88. The van der Waals surface area contributed by atoms with Crippen molar-refractivity contribution in [1.29, 1.82) is 0 Å². The predicted molar refractivity (Wildman–Crippen MR) is 131 cm³/mol. The van der Waals surface area contributed by atoms with Crippen molar-refractivity contribution in [1.82, 2.24) is 4.98 Å². The molecule has 0 unspecified atom stereocenters. The van der Waals surface area contributed by atoms with Crippen molar-refractivity contribution in [3.8, 4) is 22.8 Å². The number of furan rings is 1. The summed E-state index contributed by atoms with van der Waals surface area (Å²) < 4.78 is 11.8. The van der Waals surface area contributed by atoms with Gasteiger partial charge in [0, 0.05) is 22.9 Å². The van der Waals surface area contributed by atoms with Crippen LogP contribution in [0.2, 0.25) is 0 Å². The lowest BCUT2D eigenvalue weighted by Crippen LogP contribution is -2.07. The van der Waals surface area contributed by atoms with E-state index in [0.717, 1.165) is 39.1 Å². The second kappa shape index (κ2) is 8.63. The molecular formula is C28H22N2O3. The zero-order valence-electron chi connectivity index (χ0n) is 18.3. The zero-order chi connectivity index (χ0) is 22.8. The number of aromatic nitrogens is 1. The minimum absolute atomic E-state index is 0.256. The number of rotatable bonds is 5. The Balaban J connectivity index is 1.30. The molecule has 33 heavy (non-hydrogen) atoms. The van der Waals surface area contributed by atoms with Gasteiger partial charge in [-0.05, 0) is 67.4 Å². The minimum Gasteiger partial charge on any atom is -0.457 e. The number of carbonyl (C=O) groups excluding carboxylic acids is 1. The van der Waals surface area contributed by atoms with Crippen molar-refractivity contribution in [2.75, 3.05) is 5.32 Å². The molecule has 1 N–H and O–H groups in total. The molecule has 5 heteroatoms. The standard InChI is InChI=1S/C28H22N2O3/c1-18-15-19(2)27-24(16-18)30-28(33-27)21-9-6-10-22(17-21)29-26(31)14-12-23-11-13-25(32-23)20-7-4-3-5-8-20/h3-17H,1-2H3,(H,29,31)/b14-12+. The third kappa shape index (κ3) is 4.48. The summed E-state index contributed by atoms with van der Waals surface area (Å²) >= 11 is 0. The quantitative estimate of drug-likeness (QED) is 0.302. The summed E-state index contributed by atoms with van der Waals surface area (Å²) in [7, 11) is 0. The molecule has 0 saturated carbocycles. The minimum atomic E-state index is -0.256. The van der Waals surface area contributed by atoms with Crippen molar-refractivity contribution >= 4 is 28.8 Å². The van der Waals surface area contributed by atoms with Gasteiger partial charge >= 0.3 is 0 Å². The molecule has 5 nitrogen and oxygen atoms in total. The van der Waals surface area contributed by atoms with E-state index >= 15 is 0 Å². The van der Waals surface area contributed by atoms with Crippen LogP contribution < -0.4 is 5.32 Å². The topological polar surface area (TPSA) is 68.3 Å². The Bertz CT molecular complexity index is 1480. The summed E-state index contributed by atoms with van der Waals surface area (Å²) in [5.74, 6) is 1.63. The number of oxazole rings is 1. The molecule has 162 valence electrons. The van der Waals surface area contributed by atoms with Crippen LogP contribution in [0.1, 0.15) is 16.9 Å². The van der Waals surface area contributed by atoms with E-state index in [9.17, 15) is 4.79 Å². The average molecular weight is 434 g/mol. The number of nitrogens with one attached hydrogen (secondary N) is 1. The van der Waals surface area contributed by atoms with E-state index in [-0.39, 0.29) is 5.91 Å². The van der Waals surface area contributed by atoms with Gasteiger partial charge in [-0.15, -0.1) is 0 Å². The molecular weight excluding hydrogens is 412 g/mol. The average Bonchev–Trinajstić information content (AvgIpc) is 3.46. The van der Waals surface area contributed by atoms with Crippen LogP contribution in [-0.2, 0) is 4.79 Å². The monoisotopic (exact) mass is 434 g/mol. The van der Waals surface area contributed by atoms with Crippen molar-refractivity contribution in [2.24, 2.45) is 0 Å². The highest BCUT2D eigenvalue weighted by atomic mass is 16.3. The first kappa shape index (κ1) is 20.5. The maximum Gasteiger partial charge on any atom is 0.248 e. The van der Waals surface area contributed by atoms with E-state index in [1.807, 2.05) is 86.6 Å². The Morgan fingerprint density at radius 1 is 0.879 bits per heavy atom. The van der Waals surface area contributed by atoms with Crippen molar-refractivity contribution in [3.05, 3.63) is 102 Å². The van der Waals surface area contributed by atoms with E-state index in [1.54, 1.807) is 6.08 Å². The van der Waals surface area contributed by atoms with Crippen LogP contribution in [-0.4, -0.2) is 10.9 Å². The van der Waals surface area contributed by atoms with Crippen LogP contribution in [0.4, 0.5) is 5.69 Å². The Kier molecular flexibility index (Phi) is 5.37. The number of hydrogen-bond donors (Lipinski definition) is 1. The van der Waals surface area contributed by atoms with Gasteiger partial charge < -0.3 is 14.2 Å². The number of carbonyl (C=O) groups is 1. The van der Waals surface area contributed by atoms with Crippen LogP contribution in [0.15, 0.2) is 93.8 Å². The summed E-state index contributed by atoms with van der Waals surface area (Å²) in [4.78, 5) is 17.1. The van der Waals surface area contributed by atoms with E-state index < -0.39 is 0 Å². The molecule has 1 amide bonds. The van der Waals surface area contributed by atoms with Gasteiger partial charge in [-0.1, -0.05) is 42.5 Å². The predicted octanol–water partition coefficient (Wildman–Crippen LogP) is 7.02. The molecule has 0 aliphatic heterocycles. The molecule has 5 aromatic rings. The summed E-state index contributed by atoms with van der Waals surface area (Å²) in [6.45, 7) is 4.05. The van der Waals surface area contributed by atoms with Crippen molar-refractivity contribution in [2.45, 2.75) is 13.8 Å². The second-order valence-corrected chi connectivity index (χ2v) is 7.92. The fraction of sp³-hybridized carbons (Fsp3) is 0.0714. The lowest BCUT2D eigenvalue weighted by Gasteiger charge is -2.03. The van der Waals surface area contributed by atoms with Crippen molar-refractivity contribution in [3.63, 3.8) is 0 Å². The Morgan fingerprint density at radius 2 is 1.70 bits per heavy atom. The second-order valence-electron chi connectivity index (χ2n) is 7.92. The normalized spacial score (nSPS) is 11.3. The number of nitrogens with zero attached hydrogens (tertiary/aromatic N) is 1. The third-order valence-corrected chi connectivity index (χ3v) is 5.28. The van der Waals surface area contributed by atoms with Gasteiger partial charge in [0.05, 0.1) is 0 Å². The van der Waals surface area contributed by atoms with E-state index in [1.165, 1.54) is 6.08 Å². The Morgan fingerprint density at radius 3 is 2.55 bits per heavy atom. The molecule has 5 rings (SSSR count). The maximum absolute atomic E-state index is 12.5. The first-order valence-electron chi connectivity index (χ1n) is 10.7. The lowest BCUT2D eigenvalue weighted by atomic mass is 10.1. The van der Waals surface area contributed by atoms with E-state index in [2.05, 4.69) is 16.4 Å². The Hall–Kier alpha value is -4.38. The molecule has 0 aliphatic rings. The van der Waals surface area contributed by atoms with Gasteiger partial charge in [-0.2, -0.15) is 0 Å². The fourth-order valence-electron chi connectivity index (χ4n) is 3.77. The summed E-state index contributed by atoms with van der Waals surface area (Å²) in [6.07, 6.45) is 3.10. The number of fused-ring (bicyclic) bond motifs is 1. The van der Waals surface area contributed by atoms with Crippen LogP contribution in [0.3, 0.4) is 0 Å². The molecule has 0 atom stereocenters. The van der Waals surface area contributed by atoms with Crippen LogP contribution in [0.25, 0.3) is 40.0 Å². The number of amides is 1. The maximum atomic E-state index is 12.5. The van der Waals surface area contributed by atoms with Gasteiger partial charge in [0.2, 0.25) is 11.8 Å². The molecule has 0 radical (unpaired) electrons. The Labute approximate surface area is 191 Å². The van der Waals surface area contributed by atoms with Crippen LogP contribution in [0.5, 0.6) is 0 Å². The molecule has 3 aromatic carbocycles. The molecule has 2 heterocycles. The molecule has 0 spiro atoms. The van der Waals surface area contributed by atoms with Gasteiger partial charge in [0.1, 0.15) is 17.0 Å². The third-order valence-electron chi connectivity index (χ3n) is 5.28. The fourth-order valence-corrected chi connectivity index (χ4v) is 3.77. The first-order valence-corrected chi connectivity index (χ1v) is 10.7.